The molecule has 0 saturated carbocycles. The van der Waals surface area contributed by atoms with E-state index in [2.05, 4.69) is 16.9 Å². The Balaban J connectivity index is 2.39. The number of carbonyl (C=O) groups excluding carboxylic acids is 3. The largest absolute Gasteiger partial charge is 0.496 e. The van der Waals surface area contributed by atoms with Crippen LogP contribution >= 0.6 is 0 Å². The van der Waals surface area contributed by atoms with Gasteiger partial charge in [-0.25, -0.2) is 4.79 Å². The maximum atomic E-state index is 12.9. The summed E-state index contributed by atoms with van der Waals surface area (Å²) >= 11 is 0. The maximum absolute atomic E-state index is 12.9. The summed E-state index contributed by atoms with van der Waals surface area (Å²) in [7, 11) is 1.53. The Morgan fingerprint density at radius 3 is 2.80 bits per heavy atom. The molecule has 25 heavy (non-hydrogen) atoms. The van der Waals surface area contributed by atoms with Gasteiger partial charge in [0, 0.05) is 12.1 Å². The molecule has 0 bridgehead atoms. The van der Waals surface area contributed by atoms with E-state index < -0.39 is 23.8 Å². The van der Waals surface area contributed by atoms with Crippen LogP contribution in [0.25, 0.3) is 0 Å². The lowest BCUT2D eigenvalue weighted by atomic mass is 9.94. The number of dihydropyridines is 1. The molecule has 0 spiro atoms. The zero-order chi connectivity index (χ0) is 18.6. The van der Waals surface area contributed by atoms with Gasteiger partial charge in [-0.1, -0.05) is 13.0 Å². The van der Waals surface area contributed by atoms with Gasteiger partial charge in [0.25, 0.3) is 11.7 Å². The number of nitrogens with one attached hydrogen (secondary N) is 1. The molecule has 0 aromatic rings. The van der Waals surface area contributed by atoms with Crippen molar-refractivity contribution in [3.05, 3.63) is 24.0 Å². The number of amidine groups is 1. The van der Waals surface area contributed by atoms with Crippen molar-refractivity contribution in [3.63, 3.8) is 0 Å². The average molecular weight is 347 g/mol. The first kappa shape index (κ1) is 18.6. The monoisotopic (exact) mass is 347 g/mol. The van der Waals surface area contributed by atoms with E-state index in [-0.39, 0.29) is 13.1 Å². The molecule has 8 nitrogen and oxygen atoms in total. The second kappa shape index (κ2) is 7.87. The van der Waals surface area contributed by atoms with E-state index in [4.69, 9.17) is 4.74 Å². The highest BCUT2D eigenvalue weighted by atomic mass is 16.5. The van der Waals surface area contributed by atoms with Crippen molar-refractivity contribution in [3.8, 4) is 0 Å². The van der Waals surface area contributed by atoms with Crippen LogP contribution < -0.4 is 5.32 Å². The lowest BCUT2D eigenvalue weighted by Crippen LogP contribution is -2.57. The smallest absolute Gasteiger partial charge is 0.446 e. The zero-order valence-corrected chi connectivity index (χ0v) is 14.7. The highest BCUT2D eigenvalue weighted by Gasteiger charge is 2.51. The summed E-state index contributed by atoms with van der Waals surface area (Å²) in [5.41, 5.74) is 0.808. The summed E-state index contributed by atoms with van der Waals surface area (Å²) in [6, 6.07) is -0.585. The Hall–Kier alpha value is -2.77. The van der Waals surface area contributed by atoms with E-state index in [1.165, 1.54) is 17.7 Å². The van der Waals surface area contributed by atoms with Crippen molar-refractivity contribution < 1.29 is 23.7 Å². The van der Waals surface area contributed by atoms with Gasteiger partial charge in [0.1, 0.15) is 12.0 Å². The van der Waals surface area contributed by atoms with Crippen molar-refractivity contribution in [2.75, 3.05) is 26.7 Å². The zero-order valence-electron chi connectivity index (χ0n) is 14.7. The van der Waals surface area contributed by atoms with Gasteiger partial charge in [-0.3, -0.25) is 9.59 Å². The number of hydrogen-bond donors (Lipinski definition) is 1. The number of carbonyl (C=O) groups is 3. The molecule has 2 heterocycles. The standard InChI is InChI=1S/C17H22N4O4/c1-5-8-18-12(22)10-21-16(23)13-14(25-7-3)11(6-2)9-19-15(13)20(4)17(21)24/h5,9,13H,1,6-8,10H2,2-4H3/p+1. The van der Waals surface area contributed by atoms with Crippen molar-refractivity contribution >= 4 is 29.9 Å². The fourth-order valence-corrected chi connectivity index (χ4v) is 2.74. The van der Waals surface area contributed by atoms with Gasteiger partial charge in [0.15, 0.2) is 12.5 Å². The number of rotatable bonds is 7. The van der Waals surface area contributed by atoms with E-state index in [0.717, 1.165) is 10.5 Å². The number of nitrogens with zero attached hydrogens (tertiary/aromatic N) is 3. The predicted octanol–water partition coefficient (Wildman–Crippen LogP) is 0.693. The third-order valence-electron chi connectivity index (χ3n) is 3.99. The molecule has 1 atom stereocenters. The molecule has 0 aromatic heterocycles. The van der Waals surface area contributed by atoms with Gasteiger partial charge in [-0.05, 0) is 13.3 Å². The molecule has 0 aliphatic carbocycles. The molecule has 1 unspecified atom stereocenters. The van der Waals surface area contributed by atoms with Crippen LogP contribution in [-0.2, 0) is 14.3 Å². The minimum Gasteiger partial charge on any atom is -0.496 e. The molecular formula is C17H23N4O4+. The molecule has 0 aromatic carbocycles. The number of ether oxygens (including phenoxy) is 1. The number of aliphatic imine (C=N–C) groups is 1. The van der Waals surface area contributed by atoms with Crippen LogP contribution in [0.2, 0.25) is 0 Å². The number of imide groups is 1. The molecule has 0 fully saturated rings. The third-order valence-corrected chi connectivity index (χ3v) is 3.99. The minimum atomic E-state index is -0.810. The Labute approximate surface area is 146 Å². The number of urea groups is 1. The van der Waals surface area contributed by atoms with E-state index in [9.17, 15) is 14.4 Å². The van der Waals surface area contributed by atoms with Crippen LogP contribution in [0.15, 0.2) is 29.0 Å². The van der Waals surface area contributed by atoms with Crippen LogP contribution in [-0.4, -0.2) is 66.1 Å². The summed E-state index contributed by atoms with van der Waals surface area (Å²) in [6.45, 7) is 7.57. The predicted molar refractivity (Wildman–Crippen MR) is 92.4 cm³/mol. The van der Waals surface area contributed by atoms with Gasteiger partial charge in [-0.2, -0.15) is 9.48 Å². The van der Waals surface area contributed by atoms with E-state index in [1.807, 2.05) is 13.8 Å². The van der Waals surface area contributed by atoms with E-state index in [1.54, 1.807) is 6.21 Å². The molecule has 0 saturated heterocycles. The lowest BCUT2D eigenvalue weighted by Gasteiger charge is -2.29. The molecule has 8 heteroatoms. The van der Waals surface area contributed by atoms with Crippen LogP contribution in [0.4, 0.5) is 4.79 Å². The number of fused-ring (bicyclic) bond motifs is 1. The van der Waals surface area contributed by atoms with Crippen molar-refractivity contribution in [2.45, 2.75) is 20.3 Å². The first-order valence-electron chi connectivity index (χ1n) is 8.19. The van der Waals surface area contributed by atoms with Crippen molar-refractivity contribution in [2.24, 2.45) is 10.9 Å². The van der Waals surface area contributed by atoms with Gasteiger partial charge >= 0.3 is 11.9 Å². The molecular weight excluding hydrogens is 324 g/mol. The summed E-state index contributed by atoms with van der Waals surface area (Å²) in [6.07, 6.45) is 3.79. The lowest BCUT2D eigenvalue weighted by molar-refractivity contribution is -0.408. The Morgan fingerprint density at radius 1 is 1.48 bits per heavy atom. The maximum Gasteiger partial charge on any atom is 0.446 e. The molecule has 2 aliphatic heterocycles. The topological polar surface area (TPSA) is 91.1 Å². The third kappa shape index (κ3) is 3.52. The van der Waals surface area contributed by atoms with Crippen molar-refractivity contribution in [1.82, 2.24) is 10.2 Å². The quantitative estimate of drug-likeness (QED) is 0.542. The number of amides is 4. The average Bonchev–Trinajstić information content (AvgIpc) is 2.61. The van der Waals surface area contributed by atoms with Gasteiger partial charge in [-0.15, -0.1) is 11.6 Å². The van der Waals surface area contributed by atoms with E-state index >= 15 is 0 Å². The Morgan fingerprint density at radius 2 is 2.20 bits per heavy atom. The van der Waals surface area contributed by atoms with Crippen LogP contribution in [0, 0.1) is 5.92 Å². The molecule has 2 rings (SSSR count). The van der Waals surface area contributed by atoms with Crippen molar-refractivity contribution in [1.29, 1.82) is 0 Å². The highest BCUT2D eigenvalue weighted by Crippen LogP contribution is 2.29. The molecule has 1 N–H and O–H groups in total. The van der Waals surface area contributed by atoms with E-state index in [0.29, 0.717) is 24.6 Å². The van der Waals surface area contributed by atoms with Crippen LogP contribution in [0.5, 0.6) is 0 Å². The summed E-state index contributed by atoms with van der Waals surface area (Å²) in [5, 5.41) is 2.56. The Kier molecular flexibility index (Phi) is 5.84. The summed E-state index contributed by atoms with van der Waals surface area (Å²) in [4.78, 5) is 42.6. The van der Waals surface area contributed by atoms with Crippen LogP contribution in [0.1, 0.15) is 20.3 Å². The molecule has 134 valence electrons. The fourth-order valence-electron chi connectivity index (χ4n) is 2.74. The fraction of sp³-hybridized carbons (Fsp3) is 0.471. The van der Waals surface area contributed by atoms with Gasteiger partial charge < -0.3 is 10.1 Å². The second-order valence-electron chi connectivity index (χ2n) is 5.58. The van der Waals surface area contributed by atoms with Crippen LogP contribution in [0.3, 0.4) is 0 Å². The molecule has 2 aliphatic rings. The Bertz CT molecular complexity index is 705. The first-order valence-corrected chi connectivity index (χ1v) is 8.19. The number of hydrogen-bond acceptors (Lipinski definition) is 5. The normalized spacial score (nSPS) is 20.0. The number of allylic oxidation sites excluding steroid dienone is 1. The SMILES string of the molecule is C=CCNC(=O)CN1C(=O)C2C(OCC)=C(CC)C=NC2=[N+](C)C1=O. The van der Waals surface area contributed by atoms with Gasteiger partial charge in [0.2, 0.25) is 0 Å². The summed E-state index contributed by atoms with van der Waals surface area (Å²) in [5.74, 6) is -0.933. The first-order chi connectivity index (χ1) is 12.0. The molecule has 4 amide bonds. The molecule has 0 radical (unpaired) electrons. The highest BCUT2D eigenvalue weighted by molar-refractivity contribution is 6.16. The van der Waals surface area contributed by atoms with Gasteiger partial charge in [0.05, 0.1) is 13.7 Å². The second-order valence-corrected chi connectivity index (χ2v) is 5.58. The minimum absolute atomic E-state index is 0.264. The summed E-state index contributed by atoms with van der Waals surface area (Å²) < 4.78 is 6.98.